The summed E-state index contributed by atoms with van der Waals surface area (Å²) in [5.41, 5.74) is -0.137. The van der Waals surface area contributed by atoms with Gasteiger partial charge >= 0.3 is 6.18 Å². The molecule has 1 aromatic rings. The first-order chi connectivity index (χ1) is 9.10. The molecule has 0 bridgehead atoms. The number of alkyl halides is 4. The van der Waals surface area contributed by atoms with E-state index in [1.807, 2.05) is 0 Å². The molecule has 1 unspecified atom stereocenters. The van der Waals surface area contributed by atoms with Gasteiger partial charge in [-0.15, -0.1) is 5.06 Å². The van der Waals surface area contributed by atoms with Crippen molar-refractivity contribution in [2.75, 3.05) is 0 Å². The molecule has 0 amide bonds. The fourth-order valence-corrected chi connectivity index (χ4v) is 2.32. The summed E-state index contributed by atoms with van der Waals surface area (Å²) in [6.45, 7) is 3.41. The van der Waals surface area contributed by atoms with E-state index < -0.39 is 22.8 Å². The highest BCUT2D eigenvalue weighted by molar-refractivity contribution is 6.30. The summed E-state index contributed by atoms with van der Waals surface area (Å²) < 4.78 is 37.6. The fraction of sp³-hybridized carbons (Fsp3) is 0.385. The summed E-state index contributed by atoms with van der Waals surface area (Å²) in [5, 5.41) is 1.79. The Labute approximate surface area is 124 Å². The van der Waals surface area contributed by atoms with E-state index >= 15 is 0 Å². The van der Waals surface area contributed by atoms with Crippen molar-refractivity contribution in [3.05, 3.63) is 46.7 Å². The first-order valence-electron chi connectivity index (χ1n) is 5.78. The van der Waals surface area contributed by atoms with E-state index in [1.54, 1.807) is 13.8 Å². The molecule has 0 saturated carbocycles. The van der Waals surface area contributed by atoms with Gasteiger partial charge < -0.3 is 4.84 Å². The zero-order chi connectivity index (χ0) is 15.1. The van der Waals surface area contributed by atoms with E-state index in [0.29, 0.717) is 10.6 Å². The lowest BCUT2D eigenvalue weighted by molar-refractivity contribution is -0.145. The second-order valence-corrected chi connectivity index (χ2v) is 6.23. The molecule has 0 fully saturated rings. The Morgan fingerprint density at radius 2 is 1.70 bits per heavy atom. The number of hydrogen-bond acceptors (Lipinski definition) is 2. The van der Waals surface area contributed by atoms with Gasteiger partial charge in [0.15, 0.2) is 0 Å². The van der Waals surface area contributed by atoms with Crippen molar-refractivity contribution in [1.82, 2.24) is 5.06 Å². The van der Waals surface area contributed by atoms with Gasteiger partial charge in [0, 0.05) is 0 Å². The Balaban J connectivity index is 2.32. The topological polar surface area (TPSA) is 12.5 Å². The molecule has 20 heavy (non-hydrogen) atoms. The minimum atomic E-state index is -4.37. The quantitative estimate of drug-likeness (QED) is 0.557. The van der Waals surface area contributed by atoms with E-state index in [9.17, 15) is 13.2 Å². The minimum absolute atomic E-state index is 0.360. The Morgan fingerprint density at radius 1 is 1.15 bits per heavy atom. The molecular weight excluding hydrogens is 314 g/mol. The van der Waals surface area contributed by atoms with Crippen molar-refractivity contribution in [3.63, 3.8) is 0 Å². The highest BCUT2D eigenvalue weighted by Gasteiger charge is 2.40. The first-order valence-corrected chi connectivity index (χ1v) is 6.54. The van der Waals surface area contributed by atoms with Crippen molar-refractivity contribution in [1.29, 1.82) is 0 Å². The van der Waals surface area contributed by atoms with Crippen molar-refractivity contribution < 1.29 is 18.0 Å². The minimum Gasteiger partial charge on any atom is -0.410 e. The molecule has 2 rings (SSSR count). The molecule has 0 N–H and O–H groups in total. The van der Waals surface area contributed by atoms with Gasteiger partial charge in [-0.3, -0.25) is 0 Å². The van der Waals surface area contributed by atoms with Crippen LogP contribution >= 0.6 is 23.2 Å². The number of hydroxylamine groups is 2. The SMILES string of the molecule is CC(C)(Cl)N1OC=C(Cl)C1c1ccc(C(F)(F)F)cc1. The van der Waals surface area contributed by atoms with E-state index in [2.05, 4.69) is 0 Å². The zero-order valence-corrected chi connectivity index (χ0v) is 12.2. The van der Waals surface area contributed by atoms with Gasteiger partial charge in [0.25, 0.3) is 0 Å². The van der Waals surface area contributed by atoms with Crippen molar-refractivity contribution in [2.24, 2.45) is 0 Å². The van der Waals surface area contributed by atoms with Crippen LogP contribution in [0.15, 0.2) is 35.6 Å². The summed E-state index contributed by atoms with van der Waals surface area (Å²) in [7, 11) is 0. The molecule has 1 heterocycles. The second-order valence-electron chi connectivity index (χ2n) is 4.87. The van der Waals surface area contributed by atoms with Gasteiger partial charge in [-0.1, -0.05) is 35.3 Å². The van der Waals surface area contributed by atoms with E-state index in [0.717, 1.165) is 12.1 Å². The molecule has 2 nitrogen and oxygen atoms in total. The Morgan fingerprint density at radius 3 is 2.15 bits per heavy atom. The molecule has 1 aliphatic rings. The van der Waals surface area contributed by atoms with Crippen LogP contribution < -0.4 is 0 Å². The summed E-state index contributed by atoms with van der Waals surface area (Å²) >= 11 is 12.2. The molecule has 1 atom stereocenters. The molecule has 1 aromatic carbocycles. The highest BCUT2D eigenvalue weighted by Crippen LogP contribution is 2.42. The molecule has 1 aliphatic heterocycles. The highest BCUT2D eigenvalue weighted by atomic mass is 35.5. The van der Waals surface area contributed by atoms with Gasteiger partial charge in [0.1, 0.15) is 17.3 Å². The summed E-state index contributed by atoms with van der Waals surface area (Å²) in [4.78, 5) is 4.42. The van der Waals surface area contributed by atoms with Crippen LogP contribution in [0.4, 0.5) is 13.2 Å². The van der Waals surface area contributed by atoms with Gasteiger partial charge in [0.2, 0.25) is 0 Å². The maximum atomic E-state index is 12.5. The third-order valence-corrected chi connectivity index (χ3v) is 3.31. The largest absolute Gasteiger partial charge is 0.416 e. The zero-order valence-electron chi connectivity index (χ0n) is 10.7. The van der Waals surface area contributed by atoms with Crippen LogP contribution in [0.2, 0.25) is 0 Å². The van der Waals surface area contributed by atoms with Crippen molar-refractivity contribution >= 4 is 23.2 Å². The Bertz CT molecular complexity index is 520. The van der Waals surface area contributed by atoms with Crippen LogP contribution in [0.5, 0.6) is 0 Å². The molecule has 7 heteroatoms. The molecule has 110 valence electrons. The first kappa shape index (κ1) is 15.5. The summed E-state index contributed by atoms with van der Waals surface area (Å²) in [6, 6.07) is 4.24. The van der Waals surface area contributed by atoms with Gasteiger partial charge in [-0.05, 0) is 31.5 Å². The summed E-state index contributed by atoms with van der Waals surface area (Å²) in [5.74, 6) is 0. The smallest absolute Gasteiger partial charge is 0.410 e. The second kappa shape index (κ2) is 5.13. The lowest BCUT2D eigenvalue weighted by atomic mass is 10.0. The standard InChI is InChI=1S/C13H12Cl2F3NO/c1-12(2,15)19-11(10(14)7-20-19)8-3-5-9(6-4-8)13(16,17)18/h3-7,11H,1-2H3. The van der Waals surface area contributed by atoms with Gasteiger partial charge in [-0.2, -0.15) is 13.2 Å². The van der Waals surface area contributed by atoms with Crippen LogP contribution in [-0.2, 0) is 11.0 Å². The van der Waals surface area contributed by atoms with Crippen molar-refractivity contribution in [3.8, 4) is 0 Å². The lowest BCUT2D eigenvalue weighted by Crippen LogP contribution is -2.38. The molecular formula is C13H12Cl2F3NO. The number of rotatable bonds is 2. The van der Waals surface area contributed by atoms with E-state index in [1.165, 1.54) is 23.5 Å². The Kier molecular flexibility index (Phi) is 3.97. The predicted octanol–water partition coefficient (Wildman–Crippen LogP) is 5.05. The molecule has 0 radical (unpaired) electrons. The summed E-state index contributed by atoms with van der Waals surface area (Å²) in [6.07, 6.45) is -3.04. The average molecular weight is 326 g/mol. The third kappa shape index (κ3) is 3.05. The monoisotopic (exact) mass is 325 g/mol. The van der Waals surface area contributed by atoms with E-state index in [4.69, 9.17) is 28.0 Å². The fourth-order valence-electron chi connectivity index (χ4n) is 1.93. The average Bonchev–Trinajstić information content (AvgIpc) is 2.70. The number of benzene rings is 1. The normalized spacial score (nSPS) is 20.8. The molecule has 0 aromatic heterocycles. The maximum absolute atomic E-state index is 12.5. The van der Waals surface area contributed by atoms with Crippen LogP contribution in [-0.4, -0.2) is 10.1 Å². The number of halogens is 5. The number of nitrogens with zero attached hydrogens (tertiary/aromatic N) is 1. The maximum Gasteiger partial charge on any atom is 0.416 e. The van der Waals surface area contributed by atoms with Gasteiger partial charge in [0.05, 0.1) is 10.6 Å². The van der Waals surface area contributed by atoms with Crippen LogP contribution in [0, 0.1) is 0 Å². The molecule has 0 aliphatic carbocycles. The molecule has 0 saturated heterocycles. The Hall–Kier alpha value is -0.910. The predicted molar refractivity (Wildman–Crippen MR) is 71.0 cm³/mol. The van der Waals surface area contributed by atoms with Crippen LogP contribution in [0.3, 0.4) is 0 Å². The lowest BCUT2D eigenvalue weighted by Gasteiger charge is -2.33. The third-order valence-electron chi connectivity index (χ3n) is 2.85. The van der Waals surface area contributed by atoms with E-state index in [-0.39, 0.29) is 0 Å². The van der Waals surface area contributed by atoms with Gasteiger partial charge in [-0.25, -0.2) is 0 Å². The number of hydrogen-bond donors (Lipinski definition) is 0. The van der Waals surface area contributed by atoms with Crippen molar-refractivity contribution in [2.45, 2.75) is 31.1 Å². The molecule has 0 spiro atoms. The van der Waals surface area contributed by atoms with Crippen LogP contribution in [0.25, 0.3) is 0 Å². The van der Waals surface area contributed by atoms with Crippen LogP contribution in [0.1, 0.15) is 31.0 Å².